The molecule has 5 aromatic rings. The molecular weight excluding hydrogens is 416 g/mol. The Labute approximate surface area is 189 Å². The first kappa shape index (κ1) is 20.2. The molecule has 0 aliphatic heterocycles. The monoisotopic (exact) mass is 436 g/mol. The summed E-state index contributed by atoms with van der Waals surface area (Å²) in [4.78, 5) is 20.0. The molecule has 0 saturated heterocycles. The first-order valence-corrected chi connectivity index (χ1v) is 10.3. The molecule has 8 nitrogen and oxygen atoms in total. The van der Waals surface area contributed by atoms with Crippen LogP contribution in [0.1, 0.15) is 5.69 Å². The SMILES string of the molecule is NC(=O)Cc1cn2nc(-c3cnc(N)c(-c4ccccc4Oc4ccccc4)c3)ccc2n1. The van der Waals surface area contributed by atoms with Gasteiger partial charge in [0.15, 0.2) is 5.65 Å². The second kappa shape index (κ2) is 8.43. The molecular formula is C25H20N6O2. The lowest BCUT2D eigenvalue weighted by Crippen LogP contribution is -2.13. The van der Waals surface area contributed by atoms with Crippen molar-refractivity contribution in [2.75, 3.05) is 5.73 Å². The number of carbonyl (C=O) groups is 1. The van der Waals surface area contributed by atoms with Gasteiger partial charge >= 0.3 is 0 Å². The van der Waals surface area contributed by atoms with Crippen LogP contribution >= 0.6 is 0 Å². The van der Waals surface area contributed by atoms with E-state index < -0.39 is 5.91 Å². The van der Waals surface area contributed by atoms with E-state index in [-0.39, 0.29) is 6.42 Å². The normalized spacial score (nSPS) is 10.9. The quantitative estimate of drug-likeness (QED) is 0.417. The van der Waals surface area contributed by atoms with Crippen molar-refractivity contribution in [1.29, 1.82) is 0 Å². The molecule has 8 heteroatoms. The Morgan fingerprint density at radius 1 is 0.970 bits per heavy atom. The van der Waals surface area contributed by atoms with E-state index in [2.05, 4.69) is 15.1 Å². The number of amides is 1. The smallest absolute Gasteiger partial charge is 0.223 e. The lowest BCUT2D eigenvalue weighted by molar-refractivity contribution is -0.117. The number of carbonyl (C=O) groups excluding carboxylic acids is 1. The molecule has 0 spiro atoms. The van der Waals surface area contributed by atoms with E-state index >= 15 is 0 Å². The topological polar surface area (TPSA) is 121 Å². The predicted molar refractivity (Wildman–Crippen MR) is 125 cm³/mol. The maximum absolute atomic E-state index is 11.2. The summed E-state index contributed by atoms with van der Waals surface area (Å²) >= 11 is 0. The Morgan fingerprint density at radius 2 is 1.76 bits per heavy atom. The summed E-state index contributed by atoms with van der Waals surface area (Å²) < 4.78 is 7.73. The summed E-state index contributed by atoms with van der Waals surface area (Å²) in [7, 11) is 0. The first-order valence-electron chi connectivity index (χ1n) is 10.3. The number of nitrogens with two attached hydrogens (primary N) is 2. The summed E-state index contributed by atoms with van der Waals surface area (Å²) in [5.41, 5.74) is 15.7. The Kier molecular flexibility index (Phi) is 5.16. The number of ether oxygens (including phenoxy) is 1. The van der Waals surface area contributed by atoms with Gasteiger partial charge in [-0.25, -0.2) is 14.5 Å². The molecule has 1 amide bonds. The fraction of sp³-hybridized carbons (Fsp3) is 0.0400. The molecule has 3 heterocycles. The van der Waals surface area contributed by atoms with Gasteiger partial charge in [0.2, 0.25) is 5.91 Å². The van der Waals surface area contributed by atoms with Crippen LogP contribution in [0.25, 0.3) is 28.0 Å². The van der Waals surface area contributed by atoms with Crippen LogP contribution in [-0.2, 0) is 11.2 Å². The number of para-hydroxylation sites is 2. The molecule has 0 aliphatic carbocycles. The highest BCUT2D eigenvalue weighted by atomic mass is 16.5. The summed E-state index contributed by atoms with van der Waals surface area (Å²) in [6.45, 7) is 0. The third-order valence-electron chi connectivity index (χ3n) is 5.09. The van der Waals surface area contributed by atoms with E-state index in [1.165, 1.54) is 0 Å². The van der Waals surface area contributed by atoms with Crippen molar-refractivity contribution in [3.63, 3.8) is 0 Å². The molecule has 2 aromatic carbocycles. The fourth-order valence-electron chi connectivity index (χ4n) is 3.57. The number of nitrogen functional groups attached to an aromatic ring is 1. The van der Waals surface area contributed by atoms with Gasteiger partial charge < -0.3 is 16.2 Å². The Hall–Kier alpha value is -4.72. The van der Waals surface area contributed by atoms with E-state index in [4.69, 9.17) is 16.2 Å². The highest BCUT2D eigenvalue weighted by Gasteiger charge is 2.14. The molecule has 3 aromatic heterocycles. The Morgan fingerprint density at radius 3 is 2.58 bits per heavy atom. The second-order valence-corrected chi connectivity index (χ2v) is 7.46. The van der Waals surface area contributed by atoms with E-state index in [0.717, 1.165) is 22.4 Å². The van der Waals surface area contributed by atoms with Crippen LogP contribution in [-0.4, -0.2) is 25.5 Å². The van der Waals surface area contributed by atoms with Crippen molar-refractivity contribution < 1.29 is 9.53 Å². The zero-order chi connectivity index (χ0) is 22.8. The van der Waals surface area contributed by atoms with Gasteiger partial charge in [0.1, 0.15) is 17.3 Å². The minimum atomic E-state index is -0.442. The lowest BCUT2D eigenvalue weighted by Gasteiger charge is -2.13. The van der Waals surface area contributed by atoms with Crippen molar-refractivity contribution >= 4 is 17.4 Å². The second-order valence-electron chi connectivity index (χ2n) is 7.46. The zero-order valence-corrected chi connectivity index (χ0v) is 17.6. The van der Waals surface area contributed by atoms with Crippen molar-refractivity contribution in [2.45, 2.75) is 6.42 Å². The molecule has 0 atom stereocenters. The molecule has 0 saturated carbocycles. The molecule has 162 valence electrons. The first-order chi connectivity index (χ1) is 16.1. The van der Waals surface area contributed by atoms with Gasteiger partial charge in [-0.2, -0.15) is 5.10 Å². The van der Waals surface area contributed by atoms with Gasteiger partial charge in [-0.1, -0.05) is 36.4 Å². The number of anilines is 1. The molecule has 33 heavy (non-hydrogen) atoms. The van der Waals surface area contributed by atoms with Crippen LogP contribution in [0.4, 0.5) is 5.82 Å². The average molecular weight is 436 g/mol. The molecule has 0 fully saturated rings. The maximum Gasteiger partial charge on any atom is 0.223 e. The highest BCUT2D eigenvalue weighted by Crippen LogP contribution is 2.37. The summed E-state index contributed by atoms with van der Waals surface area (Å²) in [6, 6.07) is 22.8. The number of nitrogens with zero attached hydrogens (tertiary/aromatic N) is 4. The number of rotatable bonds is 6. The lowest BCUT2D eigenvalue weighted by atomic mass is 10.0. The van der Waals surface area contributed by atoms with Gasteiger partial charge in [0, 0.05) is 22.9 Å². The molecule has 0 radical (unpaired) electrons. The van der Waals surface area contributed by atoms with Crippen molar-refractivity contribution in [1.82, 2.24) is 19.6 Å². The standard InChI is InChI=1S/C25H20N6O2/c26-23(32)13-17-15-31-24(29-17)11-10-21(30-31)16-12-20(25(27)28-14-16)19-8-4-5-9-22(19)33-18-6-2-1-3-7-18/h1-12,14-15H,13H2,(H2,26,32)(H2,27,28). The van der Waals surface area contributed by atoms with E-state index in [1.807, 2.05) is 72.8 Å². The van der Waals surface area contributed by atoms with Crippen LogP contribution in [0.5, 0.6) is 11.5 Å². The minimum absolute atomic E-state index is 0.0600. The van der Waals surface area contributed by atoms with Gasteiger partial charge in [-0.3, -0.25) is 4.79 Å². The third-order valence-corrected chi connectivity index (χ3v) is 5.09. The van der Waals surface area contributed by atoms with Gasteiger partial charge in [0.25, 0.3) is 0 Å². The van der Waals surface area contributed by atoms with Gasteiger partial charge in [-0.15, -0.1) is 0 Å². The predicted octanol–water partition coefficient (Wildman–Crippen LogP) is 3.86. The molecule has 5 rings (SSSR count). The van der Waals surface area contributed by atoms with Crippen molar-refractivity contribution in [3.05, 3.63) is 90.9 Å². The number of pyridine rings is 1. The number of hydrogen-bond donors (Lipinski definition) is 2. The van der Waals surface area contributed by atoms with Crippen LogP contribution in [0, 0.1) is 0 Å². The Bertz CT molecular complexity index is 1460. The highest BCUT2D eigenvalue weighted by molar-refractivity contribution is 5.82. The summed E-state index contributed by atoms with van der Waals surface area (Å²) in [5, 5.41) is 4.62. The fourth-order valence-corrected chi connectivity index (χ4v) is 3.57. The van der Waals surface area contributed by atoms with E-state index in [9.17, 15) is 4.79 Å². The van der Waals surface area contributed by atoms with E-state index in [0.29, 0.717) is 28.6 Å². The minimum Gasteiger partial charge on any atom is -0.457 e. The zero-order valence-electron chi connectivity index (χ0n) is 17.6. The molecule has 0 bridgehead atoms. The van der Waals surface area contributed by atoms with Crippen LogP contribution < -0.4 is 16.2 Å². The number of imidazole rings is 1. The number of fused-ring (bicyclic) bond motifs is 1. The average Bonchev–Trinajstić information content (AvgIpc) is 3.21. The summed E-state index contributed by atoms with van der Waals surface area (Å²) in [6.07, 6.45) is 3.43. The van der Waals surface area contributed by atoms with E-state index in [1.54, 1.807) is 16.9 Å². The number of hydrogen-bond acceptors (Lipinski definition) is 6. The summed E-state index contributed by atoms with van der Waals surface area (Å²) in [5.74, 6) is 1.34. The third kappa shape index (κ3) is 4.22. The number of primary amides is 1. The Balaban J connectivity index is 1.54. The number of aromatic nitrogens is 4. The molecule has 4 N–H and O–H groups in total. The van der Waals surface area contributed by atoms with Crippen molar-refractivity contribution in [3.8, 4) is 33.9 Å². The molecule has 0 unspecified atom stereocenters. The van der Waals surface area contributed by atoms with Crippen LogP contribution in [0.15, 0.2) is 85.2 Å². The maximum atomic E-state index is 11.2. The van der Waals surface area contributed by atoms with Crippen LogP contribution in [0.3, 0.4) is 0 Å². The van der Waals surface area contributed by atoms with Gasteiger partial charge in [-0.05, 0) is 36.4 Å². The number of benzene rings is 2. The molecule has 0 aliphatic rings. The van der Waals surface area contributed by atoms with Crippen molar-refractivity contribution in [2.24, 2.45) is 5.73 Å². The largest absolute Gasteiger partial charge is 0.457 e. The van der Waals surface area contributed by atoms with Crippen LogP contribution in [0.2, 0.25) is 0 Å². The van der Waals surface area contributed by atoms with Gasteiger partial charge in [0.05, 0.1) is 24.0 Å².